The first-order valence-electron chi connectivity index (χ1n) is 4.66. The molecular weight excluding hydrogens is 158 g/mol. The Morgan fingerprint density at radius 1 is 1.31 bits per heavy atom. The third-order valence-electron chi connectivity index (χ3n) is 2.17. The van der Waals surface area contributed by atoms with Crippen LogP contribution in [0, 0.1) is 6.57 Å². The van der Waals surface area contributed by atoms with Gasteiger partial charge in [-0.15, -0.1) is 0 Å². The van der Waals surface area contributed by atoms with Crippen molar-refractivity contribution < 1.29 is 0 Å². The minimum atomic E-state index is 0.557. The molecule has 0 fully saturated rings. The summed E-state index contributed by atoms with van der Waals surface area (Å²) in [7, 11) is 0. The van der Waals surface area contributed by atoms with Gasteiger partial charge in [-0.2, -0.15) is 0 Å². The number of rotatable bonds is 3. The molecular formula is C12H15N. The van der Waals surface area contributed by atoms with Crippen LogP contribution in [0.15, 0.2) is 24.3 Å². The van der Waals surface area contributed by atoms with E-state index in [1.54, 1.807) is 0 Å². The highest BCUT2D eigenvalue weighted by atomic mass is 14.6. The van der Waals surface area contributed by atoms with Crippen LogP contribution in [0.4, 0.5) is 0 Å². The van der Waals surface area contributed by atoms with Crippen molar-refractivity contribution >= 4 is 0 Å². The molecule has 0 radical (unpaired) electrons. The van der Waals surface area contributed by atoms with E-state index in [1.165, 1.54) is 11.1 Å². The van der Waals surface area contributed by atoms with Gasteiger partial charge in [-0.25, -0.2) is 6.57 Å². The van der Waals surface area contributed by atoms with E-state index >= 15 is 0 Å². The summed E-state index contributed by atoms with van der Waals surface area (Å²) in [4.78, 5) is 3.38. The highest BCUT2D eigenvalue weighted by molar-refractivity contribution is 5.30. The van der Waals surface area contributed by atoms with Gasteiger partial charge in [-0.3, -0.25) is 0 Å². The van der Waals surface area contributed by atoms with Crippen LogP contribution in [0.1, 0.15) is 30.9 Å². The van der Waals surface area contributed by atoms with E-state index in [1.807, 2.05) is 6.07 Å². The molecule has 0 aromatic heterocycles. The van der Waals surface area contributed by atoms with Crippen molar-refractivity contribution in [2.75, 3.05) is 6.54 Å². The van der Waals surface area contributed by atoms with E-state index in [-0.39, 0.29) is 0 Å². The van der Waals surface area contributed by atoms with Gasteiger partial charge < -0.3 is 4.85 Å². The van der Waals surface area contributed by atoms with Crippen molar-refractivity contribution in [1.82, 2.24) is 0 Å². The molecule has 0 aliphatic heterocycles. The van der Waals surface area contributed by atoms with Crippen molar-refractivity contribution in [1.29, 1.82) is 0 Å². The first-order valence-corrected chi connectivity index (χ1v) is 4.66. The topological polar surface area (TPSA) is 4.36 Å². The Balaban J connectivity index is 2.86. The van der Waals surface area contributed by atoms with Crippen LogP contribution in [0.25, 0.3) is 4.85 Å². The van der Waals surface area contributed by atoms with Crippen molar-refractivity contribution in [2.45, 2.75) is 26.2 Å². The first kappa shape index (κ1) is 9.80. The Kier molecular flexibility index (Phi) is 3.52. The zero-order valence-electron chi connectivity index (χ0n) is 8.25. The quantitative estimate of drug-likeness (QED) is 0.618. The number of hydrogen-bond donors (Lipinski definition) is 0. The number of hydrogen-bond acceptors (Lipinski definition) is 0. The monoisotopic (exact) mass is 173 g/mol. The average Bonchev–Trinajstić information content (AvgIpc) is 2.15. The molecule has 0 N–H and O–H groups in total. The second-order valence-electron chi connectivity index (χ2n) is 3.49. The minimum Gasteiger partial charge on any atom is -0.317 e. The fraction of sp³-hybridized carbons (Fsp3) is 0.417. The SMILES string of the molecule is [C-]#[N+]CCc1ccccc1C(C)C. The maximum atomic E-state index is 6.75. The van der Waals surface area contributed by atoms with E-state index in [0.29, 0.717) is 12.5 Å². The molecule has 68 valence electrons. The smallest absolute Gasteiger partial charge is 0.218 e. The van der Waals surface area contributed by atoms with E-state index < -0.39 is 0 Å². The zero-order valence-corrected chi connectivity index (χ0v) is 8.25. The summed E-state index contributed by atoms with van der Waals surface area (Å²) in [5.74, 6) is 0.557. The normalized spacial score (nSPS) is 10.0. The Labute approximate surface area is 80.2 Å². The van der Waals surface area contributed by atoms with Crippen LogP contribution in [-0.4, -0.2) is 6.54 Å². The van der Waals surface area contributed by atoms with Crippen LogP contribution in [0.5, 0.6) is 0 Å². The third-order valence-corrected chi connectivity index (χ3v) is 2.17. The van der Waals surface area contributed by atoms with Gasteiger partial charge in [0, 0.05) is 6.42 Å². The molecule has 0 unspecified atom stereocenters. The Morgan fingerprint density at radius 2 is 2.00 bits per heavy atom. The summed E-state index contributed by atoms with van der Waals surface area (Å²) in [6.45, 7) is 11.7. The van der Waals surface area contributed by atoms with Crippen LogP contribution in [-0.2, 0) is 6.42 Å². The average molecular weight is 173 g/mol. The van der Waals surface area contributed by atoms with Crippen LogP contribution in [0.3, 0.4) is 0 Å². The largest absolute Gasteiger partial charge is 0.317 e. The molecule has 0 amide bonds. The standard InChI is InChI=1S/C12H15N/c1-10(2)12-7-5-4-6-11(12)8-9-13-3/h4-7,10H,8-9H2,1-2H3. The van der Waals surface area contributed by atoms with Crippen molar-refractivity contribution in [3.05, 3.63) is 46.8 Å². The predicted octanol–water partition coefficient (Wildman–Crippen LogP) is 3.27. The second-order valence-corrected chi connectivity index (χ2v) is 3.49. The molecule has 1 heteroatoms. The Bertz CT molecular complexity index is 307. The highest BCUT2D eigenvalue weighted by Gasteiger charge is 2.05. The zero-order chi connectivity index (χ0) is 9.68. The summed E-state index contributed by atoms with van der Waals surface area (Å²) in [6, 6.07) is 8.40. The summed E-state index contributed by atoms with van der Waals surface area (Å²) in [6.07, 6.45) is 0.887. The first-order chi connectivity index (χ1) is 6.25. The van der Waals surface area contributed by atoms with Gasteiger partial charge in [0.05, 0.1) is 0 Å². The van der Waals surface area contributed by atoms with Gasteiger partial charge in [-0.1, -0.05) is 38.1 Å². The molecule has 1 rings (SSSR count). The van der Waals surface area contributed by atoms with Gasteiger partial charge in [0.25, 0.3) is 0 Å². The molecule has 0 atom stereocenters. The maximum Gasteiger partial charge on any atom is 0.218 e. The Hall–Kier alpha value is -1.29. The minimum absolute atomic E-state index is 0.557. The summed E-state index contributed by atoms with van der Waals surface area (Å²) >= 11 is 0. The molecule has 0 aliphatic carbocycles. The van der Waals surface area contributed by atoms with E-state index in [2.05, 4.69) is 36.9 Å². The maximum absolute atomic E-state index is 6.75. The van der Waals surface area contributed by atoms with E-state index in [0.717, 1.165) is 6.42 Å². The highest BCUT2D eigenvalue weighted by Crippen LogP contribution is 2.19. The number of benzene rings is 1. The summed E-state index contributed by atoms with van der Waals surface area (Å²) in [5.41, 5.74) is 2.71. The molecule has 0 spiro atoms. The molecule has 1 nitrogen and oxygen atoms in total. The van der Waals surface area contributed by atoms with Gasteiger partial charge in [0.1, 0.15) is 0 Å². The lowest BCUT2D eigenvalue weighted by molar-refractivity contribution is 0.841. The fourth-order valence-corrected chi connectivity index (χ4v) is 1.50. The fourth-order valence-electron chi connectivity index (χ4n) is 1.50. The van der Waals surface area contributed by atoms with Gasteiger partial charge >= 0.3 is 0 Å². The molecule has 1 aromatic rings. The lowest BCUT2D eigenvalue weighted by atomic mass is 9.95. The summed E-state index contributed by atoms with van der Waals surface area (Å²) < 4.78 is 0. The summed E-state index contributed by atoms with van der Waals surface area (Å²) in [5, 5.41) is 0. The van der Waals surface area contributed by atoms with Crippen LogP contribution in [0.2, 0.25) is 0 Å². The molecule has 1 aromatic carbocycles. The molecule has 0 saturated carbocycles. The van der Waals surface area contributed by atoms with E-state index in [9.17, 15) is 0 Å². The number of nitrogens with zero attached hydrogens (tertiary/aromatic N) is 1. The van der Waals surface area contributed by atoms with Crippen molar-refractivity contribution in [3.63, 3.8) is 0 Å². The lowest BCUT2D eigenvalue weighted by Gasteiger charge is -2.09. The lowest BCUT2D eigenvalue weighted by Crippen LogP contribution is -1.97. The van der Waals surface area contributed by atoms with Crippen molar-refractivity contribution in [3.8, 4) is 0 Å². The molecule has 13 heavy (non-hydrogen) atoms. The Morgan fingerprint density at radius 3 is 2.62 bits per heavy atom. The van der Waals surface area contributed by atoms with Gasteiger partial charge in [0.15, 0.2) is 0 Å². The molecule has 0 heterocycles. The van der Waals surface area contributed by atoms with Crippen LogP contribution >= 0.6 is 0 Å². The predicted molar refractivity (Wildman–Crippen MR) is 55.7 cm³/mol. The van der Waals surface area contributed by atoms with Crippen molar-refractivity contribution in [2.24, 2.45) is 0 Å². The van der Waals surface area contributed by atoms with Gasteiger partial charge in [0.2, 0.25) is 6.54 Å². The van der Waals surface area contributed by atoms with Crippen LogP contribution < -0.4 is 0 Å². The molecule has 0 saturated heterocycles. The molecule has 0 aliphatic rings. The second kappa shape index (κ2) is 4.67. The van der Waals surface area contributed by atoms with E-state index in [4.69, 9.17) is 6.57 Å². The molecule has 0 bridgehead atoms. The third kappa shape index (κ3) is 2.59. The van der Waals surface area contributed by atoms with Gasteiger partial charge in [-0.05, 0) is 17.0 Å².